The molecule has 0 bridgehead atoms. The van der Waals surface area contributed by atoms with E-state index in [1.165, 1.54) is 12.1 Å². The Balaban J connectivity index is 2.07. The summed E-state index contributed by atoms with van der Waals surface area (Å²) in [5.41, 5.74) is 7.24. The number of ether oxygens (including phenoxy) is 1. The summed E-state index contributed by atoms with van der Waals surface area (Å²) >= 11 is 0. The summed E-state index contributed by atoms with van der Waals surface area (Å²) in [6.07, 6.45) is 1.91. The minimum absolute atomic E-state index is 0.0558. The van der Waals surface area contributed by atoms with E-state index >= 15 is 0 Å². The van der Waals surface area contributed by atoms with Gasteiger partial charge in [-0.3, -0.25) is 10.1 Å². The lowest BCUT2D eigenvalue weighted by molar-refractivity contribution is -0.384. The number of benzene rings is 1. The highest BCUT2D eigenvalue weighted by atomic mass is 16.6. The Morgan fingerprint density at radius 2 is 1.88 bits per heavy atom. The SMILES string of the molecule is N[C@H](c1ccc([N+](=O)[O-])cc1)C1CCOCC1. The number of nitro benzene ring substituents is 1. The first-order chi connectivity index (χ1) is 8.18. The number of non-ortho nitro benzene ring substituents is 1. The van der Waals surface area contributed by atoms with Gasteiger partial charge in [-0.05, 0) is 24.3 Å². The van der Waals surface area contributed by atoms with Crippen LogP contribution in [0, 0.1) is 16.0 Å². The van der Waals surface area contributed by atoms with Crippen molar-refractivity contribution in [2.75, 3.05) is 13.2 Å². The normalized spacial score (nSPS) is 18.9. The molecule has 0 unspecified atom stereocenters. The minimum Gasteiger partial charge on any atom is -0.381 e. The van der Waals surface area contributed by atoms with Crippen LogP contribution in [0.1, 0.15) is 24.4 Å². The first kappa shape index (κ1) is 12.0. The van der Waals surface area contributed by atoms with Gasteiger partial charge in [-0.25, -0.2) is 0 Å². The van der Waals surface area contributed by atoms with E-state index in [1.54, 1.807) is 12.1 Å². The second-order valence-corrected chi connectivity index (χ2v) is 4.32. The lowest BCUT2D eigenvalue weighted by atomic mass is 9.88. The molecular formula is C12H16N2O3. The van der Waals surface area contributed by atoms with E-state index in [4.69, 9.17) is 10.5 Å². The van der Waals surface area contributed by atoms with Gasteiger partial charge in [-0.15, -0.1) is 0 Å². The maximum atomic E-state index is 10.5. The van der Waals surface area contributed by atoms with E-state index < -0.39 is 4.92 Å². The van der Waals surface area contributed by atoms with Crippen molar-refractivity contribution in [1.82, 2.24) is 0 Å². The van der Waals surface area contributed by atoms with Gasteiger partial charge in [0.05, 0.1) is 4.92 Å². The lowest BCUT2D eigenvalue weighted by Crippen LogP contribution is -2.27. The Morgan fingerprint density at radius 1 is 1.29 bits per heavy atom. The minimum atomic E-state index is -0.399. The number of rotatable bonds is 3. The fourth-order valence-corrected chi connectivity index (χ4v) is 2.17. The second kappa shape index (κ2) is 5.25. The second-order valence-electron chi connectivity index (χ2n) is 4.32. The van der Waals surface area contributed by atoms with Crippen molar-refractivity contribution >= 4 is 5.69 Å². The predicted molar refractivity (Wildman–Crippen MR) is 63.6 cm³/mol. The molecule has 0 radical (unpaired) electrons. The number of nitrogens with zero attached hydrogens (tertiary/aromatic N) is 1. The molecule has 0 amide bonds. The molecule has 0 aromatic heterocycles. The zero-order valence-corrected chi connectivity index (χ0v) is 9.54. The Morgan fingerprint density at radius 3 is 2.41 bits per heavy atom. The smallest absolute Gasteiger partial charge is 0.269 e. The third kappa shape index (κ3) is 2.81. The van der Waals surface area contributed by atoms with Crippen LogP contribution < -0.4 is 5.73 Å². The van der Waals surface area contributed by atoms with Gasteiger partial charge in [0.2, 0.25) is 0 Å². The molecule has 1 aromatic rings. The fourth-order valence-electron chi connectivity index (χ4n) is 2.17. The highest BCUT2D eigenvalue weighted by Gasteiger charge is 2.22. The average molecular weight is 236 g/mol. The molecule has 0 aliphatic carbocycles. The van der Waals surface area contributed by atoms with Gasteiger partial charge in [0.25, 0.3) is 5.69 Å². The fraction of sp³-hybridized carbons (Fsp3) is 0.500. The molecule has 2 N–H and O–H groups in total. The van der Waals surface area contributed by atoms with E-state index in [9.17, 15) is 10.1 Å². The van der Waals surface area contributed by atoms with E-state index in [2.05, 4.69) is 0 Å². The molecule has 0 saturated carbocycles. The molecule has 2 rings (SSSR count). The number of nitro groups is 1. The van der Waals surface area contributed by atoms with Crippen LogP contribution >= 0.6 is 0 Å². The Hall–Kier alpha value is -1.46. The van der Waals surface area contributed by atoms with Crippen LogP contribution in [0.25, 0.3) is 0 Å². The van der Waals surface area contributed by atoms with Crippen LogP contribution in [0.15, 0.2) is 24.3 Å². The van der Waals surface area contributed by atoms with Gasteiger partial charge in [0.15, 0.2) is 0 Å². The van der Waals surface area contributed by atoms with Crippen molar-refractivity contribution in [2.45, 2.75) is 18.9 Å². The molecule has 17 heavy (non-hydrogen) atoms. The monoisotopic (exact) mass is 236 g/mol. The number of hydrogen-bond acceptors (Lipinski definition) is 4. The number of hydrogen-bond donors (Lipinski definition) is 1. The molecule has 5 nitrogen and oxygen atoms in total. The maximum absolute atomic E-state index is 10.5. The molecular weight excluding hydrogens is 220 g/mol. The van der Waals surface area contributed by atoms with E-state index in [1.807, 2.05) is 0 Å². The number of nitrogens with two attached hydrogens (primary N) is 1. The van der Waals surface area contributed by atoms with Crippen molar-refractivity contribution in [3.8, 4) is 0 Å². The lowest BCUT2D eigenvalue weighted by Gasteiger charge is -2.27. The Labute approximate surface area is 99.7 Å². The van der Waals surface area contributed by atoms with Gasteiger partial charge < -0.3 is 10.5 Å². The molecule has 1 saturated heterocycles. The van der Waals surface area contributed by atoms with Gasteiger partial charge in [-0.2, -0.15) is 0 Å². The van der Waals surface area contributed by atoms with Crippen LogP contribution in [-0.2, 0) is 4.74 Å². The van der Waals surface area contributed by atoms with Crippen LogP contribution in [0.3, 0.4) is 0 Å². The summed E-state index contributed by atoms with van der Waals surface area (Å²) in [5, 5.41) is 10.5. The molecule has 92 valence electrons. The summed E-state index contributed by atoms with van der Waals surface area (Å²) in [4.78, 5) is 10.1. The predicted octanol–water partition coefficient (Wildman–Crippen LogP) is 2.02. The van der Waals surface area contributed by atoms with Crippen LogP contribution in [0.2, 0.25) is 0 Å². The first-order valence-electron chi connectivity index (χ1n) is 5.76. The quantitative estimate of drug-likeness (QED) is 0.643. The summed E-state index contributed by atoms with van der Waals surface area (Å²) in [5.74, 6) is 0.408. The van der Waals surface area contributed by atoms with Crippen molar-refractivity contribution in [2.24, 2.45) is 11.7 Å². The zero-order valence-electron chi connectivity index (χ0n) is 9.54. The molecule has 1 aromatic carbocycles. The van der Waals surface area contributed by atoms with Gasteiger partial charge >= 0.3 is 0 Å². The summed E-state index contributed by atoms with van der Waals surface area (Å²) in [6.45, 7) is 1.51. The molecule has 1 aliphatic rings. The molecule has 1 heterocycles. The third-order valence-electron chi connectivity index (χ3n) is 3.26. The largest absolute Gasteiger partial charge is 0.381 e. The summed E-state index contributed by atoms with van der Waals surface area (Å²) < 4.78 is 5.29. The topological polar surface area (TPSA) is 78.4 Å². The average Bonchev–Trinajstić information content (AvgIpc) is 2.39. The summed E-state index contributed by atoms with van der Waals surface area (Å²) in [7, 11) is 0. The van der Waals surface area contributed by atoms with Crippen LogP contribution in [0.5, 0.6) is 0 Å². The zero-order chi connectivity index (χ0) is 12.3. The highest BCUT2D eigenvalue weighted by Crippen LogP contribution is 2.28. The molecule has 5 heteroatoms. The summed E-state index contributed by atoms with van der Waals surface area (Å²) in [6, 6.07) is 6.46. The van der Waals surface area contributed by atoms with Gasteiger partial charge in [0, 0.05) is 31.4 Å². The van der Waals surface area contributed by atoms with E-state index in [-0.39, 0.29) is 11.7 Å². The van der Waals surface area contributed by atoms with Crippen LogP contribution in [-0.4, -0.2) is 18.1 Å². The van der Waals surface area contributed by atoms with Crippen LogP contribution in [0.4, 0.5) is 5.69 Å². The first-order valence-corrected chi connectivity index (χ1v) is 5.76. The Kier molecular flexibility index (Phi) is 3.71. The highest BCUT2D eigenvalue weighted by molar-refractivity contribution is 5.34. The van der Waals surface area contributed by atoms with E-state index in [0.717, 1.165) is 31.6 Å². The Bertz CT molecular complexity index is 385. The standard InChI is InChI=1S/C12H16N2O3/c13-12(10-5-7-17-8-6-10)9-1-3-11(4-2-9)14(15)16/h1-4,10,12H,5-8,13H2/t12-/m1/s1. The van der Waals surface area contributed by atoms with Crippen molar-refractivity contribution in [3.05, 3.63) is 39.9 Å². The molecule has 1 aliphatic heterocycles. The third-order valence-corrected chi connectivity index (χ3v) is 3.26. The van der Waals surface area contributed by atoms with E-state index in [0.29, 0.717) is 5.92 Å². The van der Waals surface area contributed by atoms with Gasteiger partial charge in [-0.1, -0.05) is 12.1 Å². The van der Waals surface area contributed by atoms with Gasteiger partial charge in [0.1, 0.15) is 0 Å². The molecule has 1 fully saturated rings. The van der Waals surface area contributed by atoms with Crippen molar-refractivity contribution < 1.29 is 9.66 Å². The molecule has 1 atom stereocenters. The molecule has 0 spiro atoms. The van der Waals surface area contributed by atoms with Crippen molar-refractivity contribution in [3.63, 3.8) is 0 Å². The van der Waals surface area contributed by atoms with Crippen molar-refractivity contribution in [1.29, 1.82) is 0 Å². The maximum Gasteiger partial charge on any atom is 0.269 e.